The zero-order chi connectivity index (χ0) is 13.2. The van der Waals surface area contributed by atoms with Gasteiger partial charge in [-0.3, -0.25) is 9.48 Å². The molecule has 98 valence electrons. The van der Waals surface area contributed by atoms with Crippen molar-refractivity contribution < 1.29 is 4.79 Å². The molecule has 0 fully saturated rings. The van der Waals surface area contributed by atoms with E-state index in [4.69, 9.17) is 0 Å². The molecule has 1 aromatic carbocycles. The van der Waals surface area contributed by atoms with E-state index in [0.717, 1.165) is 18.8 Å². The van der Waals surface area contributed by atoms with Gasteiger partial charge in [0, 0.05) is 26.3 Å². The monoisotopic (exact) mass is 255 g/mol. The molecule has 2 heterocycles. The normalized spacial score (nSPS) is 18.1. The number of hydrogen-bond donors (Lipinski definition) is 1. The SMILES string of the molecule is Cn1ccc(CC(=O)C2CNCc3ccccc32)n1. The maximum absolute atomic E-state index is 12.5. The third kappa shape index (κ3) is 2.44. The van der Waals surface area contributed by atoms with Crippen LogP contribution in [0.2, 0.25) is 0 Å². The van der Waals surface area contributed by atoms with Crippen LogP contribution in [0.3, 0.4) is 0 Å². The Morgan fingerprint density at radius 3 is 3.05 bits per heavy atom. The van der Waals surface area contributed by atoms with E-state index in [-0.39, 0.29) is 11.7 Å². The summed E-state index contributed by atoms with van der Waals surface area (Å²) in [6.07, 6.45) is 2.28. The molecule has 1 aliphatic rings. The Hall–Kier alpha value is -1.94. The number of rotatable bonds is 3. The zero-order valence-corrected chi connectivity index (χ0v) is 11.0. The van der Waals surface area contributed by atoms with Crippen LogP contribution in [-0.4, -0.2) is 22.1 Å². The number of hydrogen-bond acceptors (Lipinski definition) is 3. The third-order valence-corrected chi connectivity index (χ3v) is 3.61. The van der Waals surface area contributed by atoms with E-state index in [0.29, 0.717) is 6.42 Å². The van der Waals surface area contributed by atoms with Crippen molar-refractivity contribution in [2.45, 2.75) is 18.9 Å². The molecule has 0 radical (unpaired) electrons. The number of ketones is 1. The second-order valence-corrected chi connectivity index (χ2v) is 5.01. The molecule has 0 saturated carbocycles. The molecule has 3 rings (SSSR count). The molecule has 1 N–H and O–H groups in total. The minimum Gasteiger partial charge on any atom is -0.312 e. The van der Waals surface area contributed by atoms with Crippen molar-refractivity contribution in [2.24, 2.45) is 7.05 Å². The van der Waals surface area contributed by atoms with Gasteiger partial charge in [-0.1, -0.05) is 24.3 Å². The average Bonchev–Trinajstić information content (AvgIpc) is 2.83. The highest BCUT2D eigenvalue weighted by Gasteiger charge is 2.26. The van der Waals surface area contributed by atoms with Crippen LogP contribution in [-0.2, 0) is 24.8 Å². The van der Waals surface area contributed by atoms with Gasteiger partial charge in [-0.05, 0) is 17.2 Å². The number of nitrogens with zero attached hydrogens (tertiary/aromatic N) is 2. The first-order valence-corrected chi connectivity index (χ1v) is 6.54. The third-order valence-electron chi connectivity index (χ3n) is 3.61. The van der Waals surface area contributed by atoms with Gasteiger partial charge in [0.2, 0.25) is 0 Å². The topological polar surface area (TPSA) is 46.9 Å². The summed E-state index contributed by atoms with van der Waals surface area (Å²) in [4.78, 5) is 12.5. The molecule has 1 aliphatic heterocycles. The lowest BCUT2D eigenvalue weighted by Crippen LogP contribution is -2.33. The van der Waals surface area contributed by atoms with E-state index in [9.17, 15) is 4.79 Å². The van der Waals surface area contributed by atoms with Crippen LogP contribution >= 0.6 is 0 Å². The number of fused-ring (bicyclic) bond motifs is 1. The number of benzene rings is 1. The van der Waals surface area contributed by atoms with Gasteiger partial charge in [-0.15, -0.1) is 0 Å². The van der Waals surface area contributed by atoms with Gasteiger partial charge in [-0.25, -0.2) is 0 Å². The van der Waals surface area contributed by atoms with Crippen LogP contribution in [0, 0.1) is 0 Å². The lowest BCUT2D eigenvalue weighted by atomic mass is 9.86. The van der Waals surface area contributed by atoms with Gasteiger partial charge >= 0.3 is 0 Å². The Kier molecular flexibility index (Phi) is 3.17. The van der Waals surface area contributed by atoms with Crippen molar-refractivity contribution in [1.29, 1.82) is 0 Å². The number of carbonyl (C=O) groups excluding carboxylic acids is 1. The number of aryl methyl sites for hydroxylation is 1. The van der Waals surface area contributed by atoms with Gasteiger partial charge in [0.1, 0.15) is 5.78 Å². The van der Waals surface area contributed by atoms with Gasteiger partial charge in [-0.2, -0.15) is 5.10 Å². The Morgan fingerprint density at radius 2 is 2.26 bits per heavy atom. The second-order valence-electron chi connectivity index (χ2n) is 5.01. The van der Waals surface area contributed by atoms with E-state index in [2.05, 4.69) is 22.5 Å². The maximum atomic E-state index is 12.5. The highest BCUT2D eigenvalue weighted by Crippen LogP contribution is 2.25. The molecule has 19 heavy (non-hydrogen) atoms. The number of aromatic nitrogens is 2. The van der Waals surface area contributed by atoms with E-state index >= 15 is 0 Å². The Balaban J connectivity index is 1.81. The number of Topliss-reactive ketones (excluding diaryl/α,β-unsaturated/α-hetero) is 1. The average molecular weight is 255 g/mol. The van der Waals surface area contributed by atoms with E-state index in [1.165, 1.54) is 11.1 Å². The second kappa shape index (κ2) is 4.97. The number of carbonyl (C=O) groups is 1. The highest BCUT2D eigenvalue weighted by atomic mass is 16.1. The maximum Gasteiger partial charge on any atom is 0.147 e. The first kappa shape index (κ1) is 12.1. The molecule has 2 aromatic rings. The zero-order valence-electron chi connectivity index (χ0n) is 11.0. The Morgan fingerprint density at radius 1 is 1.42 bits per heavy atom. The van der Waals surface area contributed by atoms with Crippen LogP contribution in [0.1, 0.15) is 22.7 Å². The minimum atomic E-state index is -0.0491. The predicted molar refractivity (Wildman–Crippen MR) is 72.8 cm³/mol. The fourth-order valence-corrected chi connectivity index (χ4v) is 2.64. The molecule has 1 atom stereocenters. The van der Waals surface area contributed by atoms with Gasteiger partial charge < -0.3 is 5.32 Å². The summed E-state index contributed by atoms with van der Waals surface area (Å²) in [5.74, 6) is 0.185. The predicted octanol–water partition coefficient (Wildman–Crippen LogP) is 1.42. The van der Waals surface area contributed by atoms with Crippen LogP contribution < -0.4 is 5.32 Å². The minimum absolute atomic E-state index is 0.0491. The fraction of sp³-hybridized carbons (Fsp3) is 0.333. The lowest BCUT2D eigenvalue weighted by Gasteiger charge is -2.25. The lowest BCUT2D eigenvalue weighted by molar-refractivity contribution is -0.120. The van der Waals surface area contributed by atoms with Crippen LogP contribution in [0.4, 0.5) is 0 Å². The molecular weight excluding hydrogens is 238 g/mol. The van der Waals surface area contributed by atoms with Crippen molar-refractivity contribution >= 4 is 5.78 Å². The Labute approximate surface area is 112 Å². The number of nitrogens with one attached hydrogen (secondary N) is 1. The van der Waals surface area contributed by atoms with Crippen molar-refractivity contribution in [1.82, 2.24) is 15.1 Å². The van der Waals surface area contributed by atoms with Gasteiger partial charge in [0.15, 0.2) is 0 Å². The molecule has 0 bridgehead atoms. The van der Waals surface area contributed by atoms with E-state index < -0.39 is 0 Å². The molecular formula is C15H17N3O. The van der Waals surface area contributed by atoms with E-state index in [1.54, 1.807) is 4.68 Å². The molecule has 0 spiro atoms. The van der Waals surface area contributed by atoms with Crippen LogP contribution in [0.25, 0.3) is 0 Å². The molecule has 4 nitrogen and oxygen atoms in total. The van der Waals surface area contributed by atoms with Crippen molar-refractivity contribution in [3.8, 4) is 0 Å². The van der Waals surface area contributed by atoms with Gasteiger partial charge in [0.25, 0.3) is 0 Å². The Bertz CT molecular complexity index is 603. The van der Waals surface area contributed by atoms with Crippen LogP contribution in [0.15, 0.2) is 36.5 Å². The van der Waals surface area contributed by atoms with Crippen LogP contribution in [0.5, 0.6) is 0 Å². The summed E-state index contributed by atoms with van der Waals surface area (Å²) in [7, 11) is 1.87. The van der Waals surface area contributed by atoms with E-state index in [1.807, 2.05) is 31.4 Å². The summed E-state index contributed by atoms with van der Waals surface area (Å²) >= 11 is 0. The molecule has 1 aromatic heterocycles. The summed E-state index contributed by atoms with van der Waals surface area (Å²) < 4.78 is 1.73. The molecule has 4 heteroatoms. The van der Waals surface area contributed by atoms with Crippen molar-refractivity contribution in [3.05, 3.63) is 53.3 Å². The largest absolute Gasteiger partial charge is 0.312 e. The van der Waals surface area contributed by atoms with Crippen molar-refractivity contribution in [2.75, 3.05) is 6.54 Å². The molecule has 1 unspecified atom stereocenters. The molecule has 0 saturated heterocycles. The first-order chi connectivity index (χ1) is 9.24. The quantitative estimate of drug-likeness (QED) is 0.902. The standard InChI is InChI=1S/C15H17N3O/c1-18-7-6-12(17-18)8-15(19)14-10-16-9-11-4-2-3-5-13(11)14/h2-7,14,16H,8-10H2,1H3. The molecule has 0 amide bonds. The first-order valence-electron chi connectivity index (χ1n) is 6.54. The van der Waals surface area contributed by atoms with Gasteiger partial charge in [0.05, 0.1) is 18.0 Å². The van der Waals surface area contributed by atoms with Crippen molar-refractivity contribution in [3.63, 3.8) is 0 Å². The summed E-state index contributed by atoms with van der Waals surface area (Å²) in [5.41, 5.74) is 3.24. The smallest absolute Gasteiger partial charge is 0.147 e. The summed E-state index contributed by atoms with van der Waals surface area (Å²) in [6, 6.07) is 10.1. The fourth-order valence-electron chi connectivity index (χ4n) is 2.64. The summed E-state index contributed by atoms with van der Waals surface area (Å²) in [6.45, 7) is 1.58. The molecule has 0 aliphatic carbocycles. The summed E-state index contributed by atoms with van der Waals surface area (Å²) in [5, 5.41) is 7.59. The highest BCUT2D eigenvalue weighted by molar-refractivity contribution is 5.88.